The minimum atomic E-state index is 0.593. The maximum atomic E-state index is 5.70. The van der Waals surface area contributed by atoms with Gasteiger partial charge in [-0.15, -0.1) is 0 Å². The monoisotopic (exact) mass is 270 g/mol. The molecule has 1 aliphatic carbocycles. The molecule has 2 aromatic heterocycles. The predicted molar refractivity (Wildman–Crippen MR) is 80.4 cm³/mol. The highest BCUT2D eigenvalue weighted by atomic mass is 15.3. The Hall–Kier alpha value is -1.84. The van der Waals surface area contributed by atoms with Crippen LogP contribution in [0.15, 0.2) is 30.6 Å². The smallest absolute Gasteiger partial charge is 0.123 e. The predicted octanol–water partition coefficient (Wildman–Crippen LogP) is 3.15. The number of hydrogen-bond acceptors (Lipinski definition) is 3. The summed E-state index contributed by atoms with van der Waals surface area (Å²) in [5, 5.41) is 4.74. The van der Waals surface area contributed by atoms with E-state index in [4.69, 9.17) is 10.8 Å². The number of anilines is 1. The van der Waals surface area contributed by atoms with Crippen molar-refractivity contribution in [2.24, 2.45) is 0 Å². The third-order valence-corrected chi connectivity index (χ3v) is 4.13. The topological polar surface area (TPSA) is 56.7 Å². The van der Waals surface area contributed by atoms with Crippen molar-refractivity contribution in [2.75, 3.05) is 5.73 Å². The van der Waals surface area contributed by atoms with Gasteiger partial charge in [-0.3, -0.25) is 4.68 Å². The van der Waals surface area contributed by atoms with Gasteiger partial charge in [0.15, 0.2) is 0 Å². The van der Waals surface area contributed by atoms with E-state index in [1.165, 1.54) is 43.4 Å². The van der Waals surface area contributed by atoms with Crippen LogP contribution in [0.2, 0.25) is 0 Å². The highest BCUT2D eigenvalue weighted by molar-refractivity contribution is 5.32. The first-order valence-corrected chi connectivity index (χ1v) is 7.56. The average molecular weight is 270 g/mol. The van der Waals surface area contributed by atoms with Gasteiger partial charge >= 0.3 is 0 Å². The standard InChI is InChI=1S/C16H22N4/c17-16-12-13(8-10-18-16)6-7-14-9-11-20(19-14)15-4-2-1-3-5-15/h8-12,15H,1-7H2,(H2,17,18). The van der Waals surface area contributed by atoms with Crippen molar-refractivity contribution in [1.29, 1.82) is 0 Å². The Morgan fingerprint density at radius 2 is 2.00 bits per heavy atom. The van der Waals surface area contributed by atoms with Crippen molar-refractivity contribution in [2.45, 2.75) is 51.0 Å². The Bertz CT molecular complexity index is 555. The molecule has 0 spiro atoms. The molecule has 3 rings (SSSR count). The molecule has 0 atom stereocenters. The third-order valence-electron chi connectivity index (χ3n) is 4.13. The Morgan fingerprint density at radius 3 is 2.80 bits per heavy atom. The van der Waals surface area contributed by atoms with Gasteiger partial charge in [-0.1, -0.05) is 19.3 Å². The molecule has 1 aliphatic rings. The largest absolute Gasteiger partial charge is 0.384 e. The van der Waals surface area contributed by atoms with Crippen LogP contribution in [0.5, 0.6) is 0 Å². The number of aryl methyl sites for hydroxylation is 2. The molecular formula is C16H22N4. The molecule has 2 aromatic rings. The van der Waals surface area contributed by atoms with Crippen LogP contribution in [-0.2, 0) is 12.8 Å². The van der Waals surface area contributed by atoms with Gasteiger partial charge in [-0.05, 0) is 49.4 Å². The third kappa shape index (κ3) is 3.18. The van der Waals surface area contributed by atoms with E-state index in [0.717, 1.165) is 12.8 Å². The molecule has 1 fully saturated rings. The summed E-state index contributed by atoms with van der Waals surface area (Å²) in [6, 6.07) is 6.74. The Kier molecular flexibility index (Phi) is 4.00. The van der Waals surface area contributed by atoms with Gasteiger partial charge in [-0.25, -0.2) is 4.98 Å². The fraction of sp³-hybridized carbons (Fsp3) is 0.500. The summed E-state index contributed by atoms with van der Waals surface area (Å²) in [6.45, 7) is 0. The summed E-state index contributed by atoms with van der Waals surface area (Å²) >= 11 is 0. The summed E-state index contributed by atoms with van der Waals surface area (Å²) in [4.78, 5) is 4.02. The second-order valence-electron chi connectivity index (χ2n) is 5.67. The van der Waals surface area contributed by atoms with E-state index in [1.54, 1.807) is 6.20 Å². The molecule has 2 N–H and O–H groups in total. The van der Waals surface area contributed by atoms with Gasteiger partial charge in [0.2, 0.25) is 0 Å². The van der Waals surface area contributed by atoms with Crippen LogP contribution in [0, 0.1) is 0 Å². The summed E-state index contributed by atoms with van der Waals surface area (Å²) in [5.41, 5.74) is 8.10. The van der Waals surface area contributed by atoms with Crippen molar-refractivity contribution in [3.8, 4) is 0 Å². The first-order valence-electron chi connectivity index (χ1n) is 7.56. The van der Waals surface area contributed by atoms with Crippen LogP contribution in [0.25, 0.3) is 0 Å². The van der Waals surface area contributed by atoms with E-state index in [9.17, 15) is 0 Å². The average Bonchev–Trinajstić information content (AvgIpc) is 2.95. The minimum absolute atomic E-state index is 0.593. The molecule has 20 heavy (non-hydrogen) atoms. The van der Waals surface area contributed by atoms with Crippen molar-refractivity contribution < 1.29 is 0 Å². The number of nitrogens with zero attached hydrogens (tertiary/aromatic N) is 3. The van der Waals surface area contributed by atoms with Crippen molar-refractivity contribution in [1.82, 2.24) is 14.8 Å². The van der Waals surface area contributed by atoms with Crippen LogP contribution < -0.4 is 5.73 Å². The lowest BCUT2D eigenvalue weighted by atomic mass is 9.96. The quantitative estimate of drug-likeness (QED) is 0.928. The van der Waals surface area contributed by atoms with E-state index in [0.29, 0.717) is 11.9 Å². The molecular weight excluding hydrogens is 248 g/mol. The normalized spacial score (nSPS) is 16.4. The lowest BCUT2D eigenvalue weighted by molar-refractivity contribution is 0.328. The molecule has 106 valence electrons. The number of nitrogens with two attached hydrogens (primary N) is 1. The summed E-state index contributed by atoms with van der Waals surface area (Å²) in [7, 11) is 0. The van der Waals surface area contributed by atoms with Gasteiger partial charge in [-0.2, -0.15) is 5.10 Å². The van der Waals surface area contributed by atoms with Gasteiger partial charge < -0.3 is 5.73 Å². The molecule has 0 aliphatic heterocycles. The van der Waals surface area contributed by atoms with Gasteiger partial charge in [0.25, 0.3) is 0 Å². The van der Waals surface area contributed by atoms with Gasteiger partial charge in [0.1, 0.15) is 5.82 Å². The molecule has 0 saturated heterocycles. The number of pyridine rings is 1. The summed E-state index contributed by atoms with van der Waals surface area (Å²) in [5.74, 6) is 0.593. The SMILES string of the molecule is Nc1cc(CCc2ccn(C3CCCCC3)n2)ccn1. The van der Waals surface area contributed by atoms with Crippen molar-refractivity contribution >= 4 is 5.82 Å². The van der Waals surface area contributed by atoms with Crippen LogP contribution in [0.3, 0.4) is 0 Å². The Labute approximate surface area is 120 Å². The van der Waals surface area contributed by atoms with E-state index < -0.39 is 0 Å². The van der Waals surface area contributed by atoms with Crippen molar-refractivity contribution in [3.05, 3.63) is 41.9 Å². The van der Waals surface area contributed by atoms with Crippen LogP contribution >= 0.6 is 0 Å². The number of aromatic nitrogens is 3. The molecule has 1 saturated carbocycles. The zero-order valence-corrected chi connectivity index (χ0v) is 11.8. The van der Waals surface area contributed by atoms with E-state index in [2.05, 4.69) is 21.9 Å². The molecule has 4 heteroatoms. The molecule has 0 amide bonds. The second-order valence-corrected chi connectivity index (χ2v) is 5.67. The number of nitrogen functional groups attached to an aromatic ring is 1. The number of rotatable bonds is 4. The Balaban J connectivity index is 1.59. The summed E-state index contributed by atoms with van der Waals surface area (Å²) in [6.07, 6.45) is 12.5. The first-order chi connectivity index (χ1) is 9.81. The van der Waals surface area contributed by atoms with E-state index >= 15 is 0 Å². The zero-order chi connectivity index (χ0) is 13.8. The highest BCUT2D eigenvalue weighted by Gasteiger charge is 2.15. The molecule has 0 unspecified atom stereocenters. The highest BCUT2D eigenvalue weighted by Crippen LogP contribution is 2.27. The first kappa shape index (κ1) is 13.2. The maximum absolute atomic E-state index is 5.70. The van der Waals surface area contributed by atoms with E-state index in [1.807, 2.05) is 12.1 Å². The lowest BCUT2D eigenvalue weighted by Crippen LogP contribution is -2.13. The number of hydrogen-bond donors (Lipinski definition) is 1. The van der Waals surface area contributed by atoms with Gasteiger partial charge in [0.05, 0.1) is 11.7 Å². The van der Waals surface area contributed by atoms with Crippen LogP contribution in [-0.4, -0.2) is 14.8 Å². The molecule has 0 aromatic carbocycles. The fourth-order valence-corrected chi connectivity index (χ4v) is 2.98. The van der Waals surface area contributed by atoms with Gasteiger partial charge in [0, 0.05) is 12.4 Å². The van der Waals surface area contributed by atoms with Crippen LogP contribution in [0.4, 0.5) is 5.82 Å². The second kappa shape index (κ2) is 6.07. The minimum Gasteiger partial charge on any atom is -0.384 e. The van der Waals surface area contributed by atoms with Crippen molar-refractivity contribution in [3.63, 3.8) is 0 Å². The zero-order valence-electron chi connectivity index (χ0n) is 11.8. The lowest BCUT2D eigenvalue weighted by Gasteiger charge is -2.21. The van der Waals surface area contributed by atoms with Crippen LogP contribution in [0.1, 0.15) is 49.4 Å². The molecule has 4 nitrogen and oxygen atoms in total. The molecule has 2 heterocycles. The fourth-order valence-electron chi connectivity index (χ4n) is 2.98. The maximum Gasteiger partial charge on any atom is 0.123 e. The Morgan fingerprint density at radius 1 is 1.15 bits per heavy atom. The summed E-state index contributed by atoms with van der Waals surface area (Å²) < 4.78 is 2.18. The van der Waals surface area contributed by atoms with E-state index in [-0.39, 0.29) is 0 Å². The molecule has 0 bridgehead atoms. The molecule has 0 radical (unpaired) electrons.